The van der Waals surface area contributed by atoms with Crippen LogP contribution in [0.4, 0.5) is 14.5 Å². The Labute approximate surface area is 88.5 Å². The van der Waals surface area contributed by atoms with Crippen molar-refractivity contribution in [2.45, 2.75) is 32.2 Å². The molecule has 1 aliphatic carbocycles. The third-order valence-electron chi connectivity index (χ3n) is 3.13. The van der Waals surface area contributed by atoms with Crippen LogP contribution in [-0.4, -0.2) is 6.04 Å². The van der Waals surface area contributed by atoms with E-state index in [1.165, 1.54) is 6.07 Å². The Hall–Kier alpha value is -1.12. The van der Waals surface area contributed by atoms with Crippen molar-refractivity contribution in [2.75, 3.05) is 5.32 Å². The highest BCUT2D eigenvalue weighted by Gasteiger charge is 2.23. The normalized spacial score (nSPS) is 25.5. The summed E-state index contributed by atoms with van der Waals surface area (Å²) in [5.41, 5.74) is 0.286. The molecule has 3 heteroatoms. The van der Waals surface area contributed by atoms with E-state index in [2.05, 4.69) is 12.2 Å². The second-order valence-electron chi connectivity index (χ2n) is 4.28. The summed E-state index contributed by atoms with van der Waals surface area (Å²) in [5.74, 6) is -0.243. The van der Waals surface area contributed by atoms with Gasteiger partial charge in [0.1, 0.15) is 11.6 Å². The molecular weight excluding hydrogens is 196 g/mol. The maximum Gasteiger partial charge on any atom is 0.146 e. The third-order valence-corrected chi connectivity index (χ3v) is 3.13. The number of halogens is 2. The molecule has 82 valence electrons. The number of benzene rings is 1. The first-order chi connectivity index (χ1) is 7.16. The molecule has 0 radical (unpaired) electrons. The first kappa shape index (κ1) is 10.4. The van der Waals surface area contributed by atoms with Crippen LogP contribution in [0.25, 0.3) is 0 Å². The Morgan fingerprint density at radius 3 is 2.73 bits per heavy atom. The molecule has 0 bridgehead atoms. The first-order valence-corrected chi connectivity index (χ1v) is 5.38. The van der Waals surface area contributed by atoms with Crippen LogP contribution in [0, 0.1) is 17.6 Å². The highest BCUT2D eigenvalue weighted by atomic mass is 19.1. The van der Waals surface area contributed by atoms with Gasteiger partial charge in [-0.1, -0.05) is 13.3 Å². The molecular formula is C12H15F2N. The highest BCUT2D eigenvalue weighted by molar-refractivity contribution is 5.46. The summed E-state index contributed by atoms with van der Waals surface area (Å²) in [6.45, 7) is 2.14. The van der Waals surface area contributed by atoms with E-state index in [1.807, 2.05) is 0 Å². The van der Waals surface area contributed by atoms with Crippen LogP contribution in [0.15, 0.2) is 18.2 Å². The van der Waals surface area contributed by atoms with Gasteiger partial charge in [0.05, 0.1) is 5.69 Å². The number of rotatable bonds is 2. The molecule has 1 aromatic rings. The average molecular weight is 211 g/mol. The second kappa shape index (κ2) is 4.17. The maximum absolute atomic E-state index is 13.3. The maximum atomic E-state index is 13.3. The van der Waals surface area contributed by atoms with Crippen molar-refractivity contribution < 1.29 is 8.78 Å². The van der Waals surface area contributed by atoms with Crippen LogP contribution in [0.1, 0.15) is 26.2 Å². The largest absolute Gasteiger partial charge is 0.380 e. The minimum absolute atomic E-state index is 0.279. The van der Waals surface area contributed by atoms with Crippen molar-refractivity contribution >= 4 is 5.69 Å². The number of hydrogen-bond acceptors (Lipinski definition) is 1. The molecule has 0 amide bonds. The molecule has 1 nitrogen and oxygen atoms in total. The van der Waals surface area contributed by atoms with Crippen molar-refractivity contribution in [1.29, 1.82) is 0 Å². The molecule has 0 aromatic heterocycles. The molecule has 15 heavy (non-hydrogen) atoms. The monoisotopic (exact) mass is 211 g/mol. The van der Waals surface area contributed by atoms with Crippen LogP contribution in [0.5, 0.6) is 0 Å². The van der Waals surface area contributed by atoms with Crippen LogP contribution in [0.3, 0.4) is 0 Å². The molecule has 2 unspecified atom stereocenters. The van der Waals surface area contributed by atoms with Gasteiger partial charge in [0.15, 0.2) is 0 Å². The summed E-state index contributed by atoms with van der Waals surface area (Å²) >= 11 is 0. The summed E-state index contributed by atoms with van der Waals surface area (Å²) < 4.78 is 26.2. The van der Waals surface area contributed by atoms with Gasteiger partial charge >= 0.3 is 0 Å². The number of hydrogen-bond donors (Lipinski definition) is 1. The zero-order valence-electron chi connectivity index (χ0n) is 8.76. The second-order valence-corrected chi connectivity index (χ2v) is 4.28. The Bertz CT molecular complexity index is 351. The van der Waals surface area contributed by atoms with Crippen LogP contribution in [-0.2, 0) is 0 Å². The van der Waals surface area contributed by atoms with Crippen LogP contribution < -0.4 is 5.32 Å². The molecule has 1 aromatic carbocycles. The van der Waals surface area contributed by atoms with E-state index in [0.717, 1.165) is 31.4 Å². The van der Waals surface area contributed by atoms with Crippen molar-refractivity contribution in [2.24, 2.45) is 5.92 Å². The van der Waals surface area contributed by atoms with E-state index in [1.54, 1.807) is 0 Å². The molecule has 2 atom stereocenters. The summed E-state index contributed by atoms with van der Waals surface area (Å²) in [6, 6.07) is 3.80. The van der Waals surface area contributed by atoms with Crippen molar-refractivity contribution in [3.8, 4) is 0 Å². The van der Waals surface area contributed by atoms with E-state index in [-0.39, 0.29) is 17.5 Å². The van der Waals surface area contributed by atoms with Crippen LogP contribution in [0.2, 0.25) is 0 Å². The summed E-state index contributed by atoms with van der Waals surface area (Å²) in [4.78, 5) is 0. The fourth-order valence-corrected chi connectivity index (χ4v) is 2.17. The van der Waals surface area contributed by atoms with E-state index in [0.29, 0.717) is 5.92 Å². The fourth-order valence-electron chi connectivity index (χ4n) is 2.17. The zero-order valence-corrected chi connectivity index (χ0v) is 8.76. The molecule has 1 aliphatic rings. The van der Waals surface area contributed by atoms with E-state index in [4.69, 9.17) is 0 Å². The predicted molar refractivity (Wildman–Crippen MR) is 56.8 cm³/mol. The van der Waals surface area contributed by atoms with Gasteiger partial charge in [-0.15, -0.1) is 0 Å². The molecule has 1 fully saturated rings. The van der Waals surface area contributed by atoms with E-state index in [9.17, 15) is 8.78 Å². The van der Waals surface area contributed by atoms with Gasteiger partial charge in [-0.3, -0.25) is 0 Å². The van der Waals surface area contributed by atoms with Gasteiger partial charge in [-0.05, 0) is 37.0 Å². The molecule has 1 saturated carbocycles. The Morgan fingerprint density at radius 2 is 2.07 bits per heavy atom. The standard InChI is InChI=1S/C12H15F2N/c1-8-3-2-4-11(8)15-12-7-9(13)5-6-10(12)14/h5-8,11,15H,2-4H2,1H3. The Morgan fingerprint density at radius 1 is 1.27 bits per heavy atom. The Kier molecular flexibility index (Phi) is 2.89. The number of anilines is 1. The fraction of sp³-hybridized carbons (Fsp3) is 0.500. The minimum Gasteiger partial charge on any atom is -0.380 e. The predicted octanol–water partition coefficient (Wildman–Crippen LogP) is 3.57. The first-order valence-electron chi connectivity index (χ1n) is 5.38. The summed E-state index contributed by atoms with van der Waals surface area (Å²) in [5, 5.41) is 3.08. The van der Waals surface area contributed by atoms with Gasteiger partial charge < -0.3 is 5.32 Å². The van der Waals surface area contributed by atoms with Gasteiger partial charge in [-0.25, -0.2) is 8.78 Å². The van der Waals surface area contributed by atoms with Gasteiger partial charge in [0, 0.05) is 6.04 Å². The molecule has 0 spiro atoms. The number of nitrogens with one attached hydrogen (secondary N) is 1. The lowest BCUT2D eigenvalue weighted by Gasteiger charge is -2.19. The zero-order chi connectivity index (χ0) is 10.8. The molecule has 1 N–H and O–H groups in total. The highest BCUT2D eigenvalue weighted by Crippen LogP contribution is 2.28. The third kappa shape index (κ3) is 2.28. The Balaban J connectivity index is 2.12. The molecule has 0 heterocycles. The lowest BCUT2D eigenvalue weighted by molar-refractivity contribution is 0.547. The topological polar surface area (TPSA) is 12.0 Å². The lowest BCUT2D eigenvalue weighted by Crippen LogP contribution is -2.22. The summed E-state index contributed by atoms with van der Waals surface area (Å²) in [6.07, 6.45) is 3.36. The molecule has 0 aliphatic heterocycles. The van der Waals surface area contributed by atoms with Crippen LogP contribution >= 0.6 is 0 Å². The van der Waals surface area contributed by atoms with Crippen molar-refractivity contribution in [3.05, 3.63) is 29.8 Å². The summed E-state index contributed by atoms with van der Waals surface area (Å²) in [7, 11) is 0. The molecule has 2 rings (SSSR count). The minimum atomic E-state index is -0.399. The van der Waals surface area contributed by atoms with Crippen molar-refractivity contribution in [3.63, 3.8) is 0 Å². The SMILES string of the molecule is CC1CCCC1Nc1cc(F)ccc1F. The molecule has 0 saturated heterocycles. The van der Waals surface area contributed by atoms with Gasteiger partial charge in [0.25, 0.3) is 0 Å². The van der Waals surface area contributed by atoms with Gasteiger partial charge in [0.2, 0.25) is 0 Å². The van der Waals surface area contributed by atoms with Crippen molar-refractivity contribution in [1.82, 2.24) is 0 Å². The average Bonchev–Trinajstić information content (AvgIpc) is 2.58. The van der Waals surface area contributed by atoms with E-state index >= 15 is 0 Å². The van der Waals surface area contributed by atoms with Gasteiger partial charge in [-0.2, -0.15) is 0 Å². The quantitative estimate of drug-likeness (QED) is 0.788. The van der Waals surface area contributed by atoms with E-state index < -0.39 is 5.82 Å². The smallest absolute Gasteiger partial charge is 0.146 e. The lowest BCUT2D eigenvalue weighted by atomic mass is 10.1.